The van der Waals surface area contributed by atoms with E-state index in [4.69, 9.17) is 11.6 Å². The van der Waals surface area contributed by atoms with Gasteiger partial charge in [0, 0.05) is 31.2 Å². The number of rotatable bonds is 3. The van der Waals surface area contributed by atoms with Gasteiger partial charge >= 0.3 is 0 Å². The minimum atomic E-state index is 0.0239. The smallest absolute Gasteiger partial charge is 0.0629 e. The summed E-state index contributed by atoms with van der Waals surface area (Å²) in [6, 6.07) is 7.77. The van der Waals surface area contributed by atoms with E-state index in [1.54, 1.807) is 0 Å². The second kappa shape index (κ2) is 5.64. The maximum absolute atomic E-state index is 9.54. The molecule has 88 valence electrons. The minimum Gasteiger partial charge on any atom is -0.394 e. The number of halogens is 1. The van der Waals surface area contributed by atoms with Gasteiger partial charge in [0.1, 0.15) is 0 Å². The highest BCUT2D eigenvalue weighted by Gasteiger charge is 2.22. The third-order valence-electron chi connectivity index (χ3n) is 3.03. The van der Waals surface area contributed by atoms with E-state index in [-0.39, 0.29) is 12.6 Å². The molecule has 1 saturated heterocycles. The molecule has 1 atom stereocenters. The highest BCUT2D eigenvalue weighted by molar-refractivity contribution is 6.31. The van der Waals surface area contributed by atoms with E-state index in [1.165, 1.54) is 0 Å². The molecule has 0 saturated carbocycles. The van der Waals surface area contributed by atoms with Gasteiger partial charge in [0.15, 0.2) is 0 Å². The topological polar surface area (TPSA) is 35.5 Å². The lowest BCUT2D eigenvalue weighted by molar-refractivity contribution is 0.111. The third kappa shape index (κ3) is 2.55. The van der Waals surface area contributed by atoms with Crippen LogP contribution in [0.3, 0.4) is 0 Å². The first-order valence-corrected chi connectivity index (χ1v) is 6.01. The largest absolute Gasteiger partial charge is 0.394 e. The molecule has 1 aliphatic heterocycles. The Morgan fingerprint density at radius 3 is 2.62 bits per heavy atom. The molecule has 0 radical (unpaired) electrons. The molecule has 0 amide bonds. The quantitative estimate of drug-likeness (QED) is 0.836. The molecule has 0 unspecified atom stereocenters. The first-order valence-electron chi connectivity index (χ1n) is 5.63. The third-order valence-corrected chi connectivity index (χ3v) is 3.37. The van der Waals surface area contributed by atoms with Crippen LogP contribution in [0.15, 0.2) is 24.3 Å². The van der Waals surface area contributed by atoms with Crippen LogP contribution < -0.4 is 5.32 Å². The van der Waals surface area contributed by atoms with Crippen LogP contribution in [0.5, 0.6) is 0 Å². The second-order valence-corrected chi connectivity index (χ2v) is 4.41. The van der Waals surface area contributed by atoms with E-state index >= 15 is 0 Å². The summed E-state index contributed by atoms with van der Waals surface area (Å²) in [6.07, 6.45) is 0. The lowest BCUT2D eigenvalue weighted by Crippen LogP contribution is -2.46. The van der Waals surface area contributed by atoms with Crippen molar-refractivity contribution in [3.63, 3.8) is 0 Å². The number of hydrogen-bond acceptors (Lipinski definition) is 3. The molecule has 0 aliphatic carbocycles. The van der Waals surface area contributed by atoms with Crippen LogP contribution in [0, 0.1) is 0 Å². The summed E-state index contributed by atoms with van der Waals surface area (Å²) in [5, 5.41) is 13.6. The van der Waals surface area contributed by atoms with Gasteiger partial charge in [-0.3, -0.25) is 4.90 Å². The van der Waals surface area contributed by atoms with Gasteiger partial charge in [-0.1, -0.05) is 29.8 Å². The number of aliphatic hydroxyl groups excluding tert-OH is 1. The summed E-state index contributed by atoms with van der Waals surface area (Å²) >= 11 is 6.16. The minimum absolute atomic E-state index is 0.0239. The normalized spacial score (nSPS) is 19.6. The van der Waals surface area contributed by atoms with Gasteiger partial charge < -0.3 is 10.4 Å². The molecule has 0 bridgehead atoms. The molecule has 2 rings (SSSR count). The van der Waals surface area contributed by atoms with E-state index in [9.17, 15) is 5.11 Å². The first kappa shape index (κ1) is 11.9. The van der Waals surface area contributed by atoms with Crippen molar-refractivity contribution in [1.29, 1.82) is 0 Å². The van der Waals surface area contributed by atoms with Gasteiger partial charge in [-0.25, -0.2) is 0 Å². The molecule has 16 heavy (non-hydrogen) atoms. The van der Waals surface area contributed by atoms with Crippen molar-refractivity contribution in [3.05, 3.63) is 34.9 Å². The zero-order valence-electron chi connectivity index (χ0n) is 9.19. The molecule has 1 aromatic rings. The fourth-order valence-corrected chi connectivity index (χ4v) is 2.41. The van der Waals surface area contributed by atoms with Crippen LogP contribution in [-0.4, -0.2) is 42.8 Å². The monoisotopic (exact) mass is 240 g/mol. The van der Waals surface area contributed by atoms with E-state index in [1.807, 2.05) is 24.3 Å². The lowest BCUT2D eigenvalue weighted by atomic mass is 10.1. The van der Waals surface area contributed by atoms with E-state index in [2.05, 4.69) is 10.2 Å². The summed E-state index contributed by atoms with van der Waals surface area (Å²) < 4.78 is 0. The average Bonchev–Trinajstić information content (AvgIpc) is 2.34. The van der Waals surface area contributed by atoms with E-state index in [0.717, 1.165) is 36.8 Å². The number of aliphatic hydroxyl groups is 1. The maximum atomic E-state index is 9.54. The Hall–Kier alpha value is -0.610. The number of nitrogens with zero attached hydrogens (tertiary/aromatic N) is 1. The van der Waals surface area contributed by atoms with Gasteiger partial charge in [-0.2, -0.15) is 0 Å². The van der Waals surface area contributed by atoms with Crippen LogP contribution in [0.2, 0.25) is 5.02 Å². The molecule has 1 heterocycles. The molecule has 1 fully saturated rings. The lowest BCUT2D eigenvalue weighted by Gasteiger charge is -2.34. The maximum Gasteiger partial charge on any atom is 0.0629 e. The molecule has 0 aromatic heterocycles. The predicted octanol–water partition coefficient (Wildman–Crippen LogP) is 1.28. The Morgan fingerprint density at radius 1 is 1.31 bits per heavy atom. The molecule has 1 aliphatic rings. The van der Waals surface area contributed by atoms with Crippen LogP contribution in [0.1, 0.15) is 11.6 Å². The highest BCUT2D eigenvalue weighted by atomic mass is 35.5. The second-order valence-electron chi connectivity index (χ2n) is 4.01. The van der Waals surface area contributed by atoms with Crippen molar-refractivity contribution >= 4 is 11.6 Å². The molecular weight excluding hydrogens is 224 g/mol. The molecule has 4 heteroatoms. The Labute approximate surface area is 101 Å². The van der Waals surface area contributed by atoms with Crippen LogP contribution in [0.4, 0.5) is 0 Å². The number of piperazine rings is 1. The SMILES string of the molecule is OC[C@@H](c1ccccc1Cl)N1CCNCC1. The van der Waals surface area contributed by atoms with Gasteiger partial charge in [0.05, 0.1) is 12.6 Å². The highest BCUT2D eigenvalue weighted by Crippen LogP contribution is 2.27. The predicted molar refractivity (Wildman–Crippen MR) is 65.7 cm³/mol. The van der Waals surface area contributed by atoms with Crippen molar-refractivity contribution < 1.29 is 5.11 Å². The van der Waals surface area contributed by atoms with E-state index in [0.29, 0.717) is 0 Å². The van der Waals surface area contributed by atoms with Gasteiger partial charge in [0.2, 0.25) is 0 Å². The zero-order chi connectivity index (χ0) is 11.4. The van der Waals surface area contributed by atoms with Crippen LogP contribution in [-0.2, 0) is 0 Å². The Kier molecular flexibility index (Phi) is 4.18. The molecular formula is C12H17ClN2O. The van der Waals surface area contributed by atoms with E-state index < -0.39 is 0 Å². The summed E-state index contributed by atoms with van der Waals surface area (Å²) in [6.45, 7) is 3.97. The van der Waals surface area contributed by atoms with Crippen molar-refractivity contribution in [2.45, 2.75) is 6.04 Å². The molecule has 0 spiro atoms. The Bertz CT molecular complexity index is 340. The fraction of sp³-hybridized carbons (Fsp3) is 0.500. The number of nitrogens with one attached hydrogen (secondary N) is 1. The fourth-order valence-electron chi connectivity index (χ4n) is 2.15. The molecule has 2 N–H and O–H groups in total. The number of hydrogen-bond donors (Lipinski definition) is 2. The zero-order valence-corrected chi connectivity index (χ0v) is 9.95. The summed E-state index contributed by atoms with van der Waals surface area (Å²) in [5.41, 5.74) is 1.02. The van der Waals surface area contributed by atoms with Crippen LogP contribution >= 0.6 is 11.6 Å². The summed E-state index contributed by atoms with van der Waals surface area (Å²) in [7, 11) is 0. The number of benzene rings is 1. The van der Waals surface area contributed by atoms with Gasteiger partial charge in [-0.05, 0) is 11.6 Å². The van der Waals surface area contributed by atoms with Crippen molar-refractivity contribution in [2.75, 3.05) is 32.8 Å². The molecule has 3 nitrogen and oxygen atoms in total. The van der Waals surface area contributed by atoms with Gasteiger partial charge in [0.25, 0.3) is 0 Å². The standard InChI is InChI=1S/C12H17ClN2O/c13-11-4-2-1-3-10(11)12(9-16)15-7-5-14-6-8-15/h1-4,12,14,16H,5-9H2/t12-/m0/s1. The molecule has 1 aromatic carbocycles. The average molecular weight is 241 g/mol. The summed E-state index contributed by atoms with van der Waals surface area (Å²) in [4.78, 5) is 2.28. The van der Waals surface area contributed by atoms with Crippen LogP contribution in [0.25, 0.3) is 0 Å². The first-order chi connectivity index (χ1) is 7.83. The van der Waals surface area contributed by atoms with Crippen molar-refractivity contribution in [2.24, 2.45) is 0 Å². The van der Waals surface area contributed by atoms with Crippen molar-refractivity contribution in [3.8, 4) is 0 Å². The Balaban J connectivity index is 2.18. The summed E-state index contributed by atoms with van der Waals surface area (Å²) in [5.74, 6) is 0. The van der Waals surface area contributed by atoms with Gasteiger partial charge in [-0.15, -0.1) is 0 Å². The van der Waals surface area contributed by atoms with Crippen molar-refractivity contribution in [1.82, 2.24) is 10.2 Å². The Morgan fingerprint density at radius 2 is 2.00 bits per heavy atom.